The lowest BCUT2D eigenvalue weighted by Crippen LogP contribution is -2.35. The molecule has 0 spiro atoms. The first-order chi connectivity index (χ1) is 4.22. The first-order valence-electron chi connectivity index (χ1n) is 3.58. The quantitative estimate of drug-likeness (QED) is 0.502. The lowest BCUT2D eigenvalue weighted by atomic mass is 9.86. The number of hydrogen-bond donors (Lipinski definition) is 2. The normalized spacial score (nSPS) is 45.0. The van der Waals surface area contributed by atoms with Crippen molar-refractivity contribution in [1.29, 1.82) is 0 Å². The minimum absolute atomic E-state index is 0.286. The van der Waals surface area contributed by atoms with Crippen LogP contribution in [-0.2, 0) is 0 Å². The van der Waals surface area contributed by atoms with E-state index in [9.17, 15) is 5.11 Å². The fourth-order valence-electron chi connectivity index (χ4n) is 1.37. The van der Waals surface area contributed by atoms with Crippen LogP contribution in [0.25, 0.3) is 0 Å². The number of aliphatic hydroxyl groups excluding tert-OH is 2. The molecule has 1 rings (SSSR count). The summed E-state index contributed by atoms with van der Waals surface area (Å²) in [5.74, 6) is 0.286. The summed E-state index contributed by atoms with van der Waals surface area (Å²) in [6.45, 7) is 1.98. The average molecular weight is 130 g/mol. The van der Waals surface area contributed by atoms with Gasteiger partial charge in [0.05, 0.1) is 12.2 Å². The third-order valence-corrected chi connectivity index (χ3v) is 2.14. The van der Waals surface area contributed by atoms with E-state index in [0.29, 0.717) is 0 Å². The molecule has 0 saturated heterocycles. The molecule has 0 aromatic carbocycles. The van der Waals surface area contributed by atoms with E-state index in [1.54, 1.807) is 0 Å². The zero-order valence-corrected chi connectivity index (χ0v) is 5.75. The predicted molar refractivity (Wildman–Crippen MR) is 35.0 cm³/mol. The predicted octanol–water partition coefficient (Wildman–Crippen LogP) is 0.528. The van der Waals surface area contributed by atoms with Gasteiger partial charge >= 0.3 is 0 Å². The van der Waals surface area contributed by atoms with Gasteiger partial charge in [-0.25, -0.2) is 0 Å². The Morgan fingerprint density at radius 3 is 2.33 bits per heavy atom. The van der Waals surface area contributed by atoms with E-state index in [4.69, 9.17) is 5.11 Å². The highest BCUT2D eigenvalue weighted by Crippen LogP contribution is 2.23. The summed E-state index contributed by atoms with van der Waals surface area (Å²) in [4.78, 5) is 0. The third-order valence-electron chi connectivity index (χ3n) is 2.14. The van der Waals surface area contributed by atoms with Crippen LogP contribution in [0.5, 0.6) is 0 Å². The summed E-state index contributed by atoms with van der Waals surface area (Å²) in [7, 11) is 0. The molecule has 54 valence electrons. The fraction of sp³-hybridized carbons (Fsp3) is 1.00. The second-order valence-electron chi connectivity index (χ2n) is 2.97. The van der Waals surface area contributed by atoms with Crippen LogP contribution in [0, 0.1) is 5.92 Å². The van der Waals surface area contributed by atoms with E-state index < -0.39 is 12.2 Å². The van der Waals surface area contributed by atoms with Gasteiger partial charge in [-0.05, 0) is 18.8 Å². The highest BCUT2D eigenvalue weighted by molar-refractivity contribution is 4.78. The SMILES string of the molecule is CC1CCCC(O)C1O. The van der Waals surface area contributed by atoms with Crippen molar-refractivity contribution in [3.05, 3.63) is 0 Å². The fourth-order valence-corrected chi connectivity index (χ4v) is 1.37. The van der Waals surface area contributed by atoms with Gasteiger partial charge in [0.25, 0.3) is 0 Å². The van der Waals surface area contributed by atoms with Crippen molar-refractivity contribution in [2.24, 2.45) is 5.92 Å². The molecule has 1 aliphatic carbocycles. The average Bonchev–Trinajstić information content (AvgIpc) is 1.83. The molecule has 0 radical (unpaired) electrons. The van der Waals surface area contributed by atoms with Gasteiger partial charge in [0.15, 0.2) is 0 Å². The van der Waals surface area contributed by atoms with Crippen LogP contribution in [0.15, 0.2) is 0 Å². The van der Waals surface area contributed by atoms with Crippen LogP contribution in [0.4, 0.5) is 0 Å². The molecule has 2 heteroatoms. The van der Waals surface area contributed by atoms with Crippen LogP contribution in [0.3, 0.4) is 0 Å². The summed E-state index contributed by atoms with van der Waals surface area (Å²) in [5, 5.41) is 18.3. The Kier molecular flexibility index (Phi) is 2.09. The van der Waals surface area contributed by atoms with Gasteiger partial charge in [-0.1, -0.05) is 13.3 Å². The summed E-state index contributed by atoms with van der Waals surface area (Å²) >= 11 is 0. The van der Waals surface area contributed by atoms with Crippen molar-refractivity contribution in [2.75, 3.05) is 0 Å². The van der Waals surface area contributed by atoms with E-state index >= 15 is 0 Å². The van der Waals surface area contributed by atoms with Crippen molar-refractivity contribution < 1.29 is 10.2 Å². The summed E-state index contributed by atoms with van der Waals surface area (Å²) in [6.07, 6.45) is 1.94. The maximum absolute atomic E-state index is 9.20. The van der Waals surface area contributed by atoms with Gasteiger partial charge in [0.1, 0.15) is 0 Å². The van der Waals surface area contributed by atoms with E-state index in [1.807, 2.05) is 6.92 Å². The minimum Gasteiger partial charge on any atom is -0.390 e. The number of rotatable bonds is 0. The Morgan fingerprint density at radius 1 is 1.22 bits per heavy atom. The Hall–Kier alpha value is -0.0800. The monoisotopic (exact) mass is 130 g/mol. The summed E-state index contributed by atoms with van der Waals surface area (Å²) < 4.78 is 0. The Labute approximate surface area is 55.5 Å². The largest absolute Gasteiger partial charge is 0.390 e. The van der Waals surface area contributed by atoms with Gasteiger partial charge in [-0.3, -0.25) is 0 Å². The molecule has 1 fully saturated rings. The van der Waals surface area contributed by atoms with Gasteiger partial charge in [-0.2, -0.15) is 0 Å². The van der Waals surface area contributed by atoms with E-state index in [1.165, 1.54) is 0 Å². The van der Waals surface area contributed by atoms with Crippen LogP contribution in [-0.4, -0.2) is 22.4 Å². The second kappa shape index (κ2) is 2.67. The molecule has 3 unspecified atom stereocenters. The van der Waals surface area contributed by atoms with Crippen molar-refractivity contribution in [2.45, 2.75) is 38.4 Å². The molecule has 0 aromatic heterocycles. The maximum atomic E-state index is 9.20. The Morgan fingerprint density at radius 2 is 1.89 bits per heavy atom. The third kappa shape index (κ3) is 1.43. The zero-order chi connectivity index (χ0) is 6.85. The molecule has 2 N–H and O–H groups in total. The molecule has 0 heterocycles. The molecule has 0 bridgehead atoms. The topological polar surface area (TPSA) is 40.5 Å². The summed E-state index contributed by atoms with van der Waals surface area (Å²) in [6, 6.07) is 0. The summed E-state index contributed by atoms with van der Waals surface area (Å²) in [5.41, 5.74) is 0. The Bertz CT molecular complexity index is 82.9. The van der Waals surface area contributed by atoms with E-state index in [2.05, 4.69) is 0 Å². The first-order valence-corrected chi connectivity index (χ1v) is 3.58. The van der Waals surface area contributed by atoms with E-state index in [-0.39, 0.29) is 5.92 Å². The lowest BCUT2D eigenvalue weighted by molar-refractivity contribution is -0.0391. The van der Waals surface area contributed by atoms with Gasteiger partial charge < -0.3 is 10.2 Å². The van der Waals surface area contributed by atoms with Gasteiger partial charge in [0, 0.05) is 0 Å². The highest BCUT2D eigenvalue weighted by Gasteiger charge is 2.26. The van der Waals surface area contributed by atoms with Crippen molar-refractivity contribution in [1.82, 2.24) is 0 Å². The molecule has 0 amide bonds. The number of aliphatic hydroxyl groups is 2. The van der Waals surface area contributed by atoms with Crippen molar-refractivity contribution in [3.8, 4) is 0 Å². The highest BCUT2D eigenvalue weighted by atomic mass is 16.3. The smallest absolute Gasteiger partial charge is 0.0824 e. The van der Waals surface area contributed by atoms with Crippen LogP contribution < -0.4 is 0 Å². The first kappa shape index (κ1) is 7.03. The van der Waals surface area contributed by atoms with Crippen LogP contribution in [0.2, 0.25) is 0 Å². The van der Waals surface area contributed by atoms with Crippen molar-refractivity contribution in [3.63, 3.8) is 0 Å². The lowest BCUT2D eigenvalue weighted by Gasteiger charge is -2.28. The molecular weight excluding hydrogens is 116 g/mol. The second-order valence-corrected chi connectivity index (χ2v) is 2.97. The molecule has 3 atom stereocenters. The standard InChI is InChI=1S/C7H14O2/c1-5-3-2-4-6(8)7(5)9/h5-9H,2-4H2,1H3. The molecule has 0 aliphatic heterocycles. The van der Waals surface area contributed by atoms with Crippen molar-refractivity contribution >= 4 is 0 Å². The molecule has 1 aliphatic rings. The van der Waals surface area contributed by atoms with E-state index in [0.717, 1.165) is 19.3 Å². The van der Waals surface area contributed by atoms with Crippen LogP contribution >= 0.6 is 0 Å². The zero-order valence-electron chi connectivity index (χ0n) is 5.75. The molecule has 2 nitrogen and oxygen atoms in total. The van der Waals surface area contributed by atoms with Gasteiger partial charge in [-0.15, -0.1) is 0 Å². The maximum Gasteiger partial charge on any atom is 0.0824 e. The molecular formula is C7H14O2. The molecule has 0 aromatic rings. The van der Waals surface area contributed by atoms with Gasteiger partial charge in [0.2, 0.25) is 0 Å². The minimum atomic E-state index is -0.473. The van der Waals surface area contributed by atoms with Crippen LogP contribution in [0.1, 0.15) is 26.2 Å². The Balaban J connectivity index is 2.41. The molecule has 1 saturated carbocycles. The molecule has 9 heavy (non-hydrogen) atoms. The number of hydrogen-bond acceptors (Lipinski definition) is 2.